The summed E-state index contributed by atoms with van der Waals surface area (Å²) in [6.45, 7) is 2.86. The molecule has 0 bridgehead atoms. The number of nitrogens with one attached hydrogen (secondary N) is 2. The Bertz CT molecular complexity index is 238. The van der Waals surface area contributed by atoms with Crippen molar-refractivity contribution in [1.82, 2.24) is 10.6 Å². The highest BCUT2D eigenvalue weighted by Gasteiger charge is 2.22. The second-order valence-electron chi connectivity index (χ2n) is 4.21. The van der Waals surface area contributed by atoms with Crippen LogP contribution in [-0.4, -0.2) is 25.0 Å². The van der Waals surface area contributed by atoms with Crippen LogP contribution < -0.4 is 10.6 Å². The third-order valence-electron chi connectivity index (χ3n) is 3.01. The second kappa shape index (κ2) is 6.47. The maximum atomic E-state index is 11.4. The molecule has 1 aliphatic carbocycles. The lowest BCUT2D eigenvalue weighted by atomic mass is 10.00. The molecule has 1 fully saturated rings. The van der Waals surface area contributed by atoms with Gasteiger partial charge in [-0.25, -0.2) is 0 Å². The summed E-state index contributed by atoms with van der Waals surface area (Å²) in [7, 11) is 0. The lowest BCUT2D eigenvalue weighted by Crippen LogP contribution is -2.42. The van der Waals surface area contributed by atoms with Crippen molar-refractivity contribution >= 4 is 5.91 Å². The molecular weight excluding hydrogens is 188 g/mol. The first-order valence-corrected chi connectivity index (χ1v) is 5.67. The first-order chi connectivity index (χ1) is 7.24. The van der Waals surface area contributed by atoms with E-state index in [-0.39, 0.29) is 5.91 Å². The number of hydrogen-bond acceptors (Lipinski definition) is 2. The highest BCUT2D eigenvalue weighted by molar-refractivity contribution is 5.78. The van der Waals surface area contributed by atoms with Crippen molar-refractivity contribution < 1.29 is 4.79 Å². The molecule has 2 N–H and O–H groups in total. The van der Waals surface area contributed by atoms with Gasteiger partial charge in [-0.05, 0) is 25.7 Å². The number of terminal acetylenes is 1. The molecule has 0 spiro atoms. The number of carbonyl (C=O) groups is 1. The summed E-state index contributed by atoms with van der Waals surface area (Å²) in [5.74, 6) is 3.15. The van der Waals surface area contributed by atoms with Crippen LogP contribution in [0.15, 0.2) is 0 Å². The molecule has 0 saturated heterocycles. The monoisotopic (exact) mass is 208 g/mol. The lowest BCUT2D eigenvalue weighted by molar-refractivity contribution is -0.121. The van der Waals surface area contributed by atoms with Gasteiger partial charge in [0.2, 0.25) is 5.91 Å². The SMILES string of the molecule is C#CCNCC(=O)NC(C)C1CCCC1. The van der Waals surface area contributed by atoms with Crippen LogP contribution in [-0.2, 0) is 4.79 Å². The fourth-order valence-corrected chi connectivity index (χ4v) is 2.13. The zero-order valence-electron chi connectivity index (χ0n) is 9.38. The third-order valence-corrected chi connectivity index (χ3v) is 3.01. The number of hydrogen-bond donors (Lipinski definition) is 2. The number of amides is 1. The minimum absolute atomic E-state index is 0.0460. The largest absolute Gasteiger partial charge is 0.352 e. The smallest absolute Gasteiger partial charge is 0.234 e. The summed E-state index contributed by atoms with van der Waals surface area (Å²) < 4.78 is 0. The number of carbonyl (C=O) groups excluding carboxylic acids is 1. The summed E-state index contributed by atoms with van der Waals surface area (Å²) in [6.07, 6.45) is 10.2. The molecule has 1 unspecified atom stereocenters. The van der Waals surface area contributed by atoms with Crippen LogP contribution in [0.4, 0.5) is 0 Å². The van der Waals surface area contributed by atoms with Crippen molar-refractivity contribution in [2.75, 3.05) is 13.1 Å². The van der Waals surface area contributed by atoms with E-state index in [2.05, 4.69) is 23.5 Å². The molecule has 1 aliphatic rings. The Kier molecular flexibility index (Phi) is 5.20. The van der Waals surface area contributed by atoms with Crippen LogP contribution in [0.2, 0.25) is 0 Å². The molecular formula is C12H20N2O. The summed E-state index contributed by atoms with van der Waals surface area (Å²) in [6, 6.07) is 0.299. The van der Waals surface area contributed by atoms with E-state index < -0.39 is 0 Å². The molecule has 0 radical (unpaired) electrons. The van der Waals surface area contributed by atoms with Crippen molar-refractivity contribution in [2.45, 2.75) is 38.6 Å². The van der Waals surface area contributed by atoms with Gasteiger partial charge in [-0.1, -0.05) is 18.8 Å². The molecule has 0 aromatic heterocycles. The van der Waals surface area contributed by atoms with E-state index >= 15 is 0 Å². The maximum absolute atomic E-state index is 11.4. The zero-order chi connectivity index (χ0) is 11.1. The second-order valence-corrected chi connectivity index (χ2v) is 4.21. The van der Waals surface area contributed by atoms with Gasteiger partial charge in [0.25, 0.3) is 0 Å². The number of rotatable bonds is 5. The van der Waals surface area contributed by atoms with Crippen LogP contribution in [0.5, 0.6) is 0 Å². The van der Waals surface area contributed by atoms with Crippen molar-refractivity contribution in [2.24, 2.45) is 5.92 Å². The fraction of sp³-hybridized carbons (Fsp3) is 0.750. The molecule has 0 aromatic carbocycles. The standard InChI is InChI=1S/C12H20N2O/c1-3-8-13-9-12(15)14-10(2)11-6-4-5-7-11/h1,10-11,13H,4-9H2,2H3,(H,14,15). The average Bonchev–Trinajstić information content (AvgIpc) is 2.70. The quantitative estimate of drug-likeness (QED) is 0.521. The normalized spacial score (nSPS) is 18.4. The molecule has 0 heterocycles. The Balaban J connectivity index is 2.16. The molecule has 1 amide bonds. The van der Waals surface area contributed by atoms with Crippen molar-refractivity contribution in [3.8, 4) is 12.3 Å². The van der Waals surface area contributed by atoms with Crippen LogP contribution in [0.3, 0.4) is 0 Å². The molecule has 84 valence electrons. The first kappa shape index (κ1) is 12.1. The molecule has 1 saturated carbocycles. The van der Waals surface area contributed by atoms with Gasteiger partial charge in [-0.15, -0.1) is 6.42 Å². The highest BCUT2D eigenvalue weighted by Crippen LogP contribution is 2.27. The zero-order valence-corrected chi connectivity index (χ0v) is 9.38. The summed E-state index contributed by atoms with van der Waals surface area (Å²) in [5.41, 5.74) is 0. The van der Waals surface area contributed by atoms with E-state index in [1.807, 2.05) is 0 Å². The van der Waals surface area contributed by atoms with Crippen LogP contribution in [0.25, 0.3) is 0 Å². The van der Waals surface area contributed by atoms with Gasteiger partial charge in [0.05, 0.1) is 13.1 Å². The Morgan fingerprint density at radius 2 is 2.20 bits per heavy atom. The molecule has 1 atom stereocenters. The summed E-state index contributed by atoms with van der Waals surface area (Å²) in [5, 5.41) is 5.89. The van der Waals surface area contributed by atoms with E-state index in [1.165, 1.54) is 25.7 Å². The van der Waals surface area contributed by atoms with Crippen LogP contribution >= 0.6 is 0 Å². The first-order valence-electron chi connectivity index (χ1n) is 5.67. The molecule has 1 rings (SSSR count). The maximum Gasteiger partial charge on any atom is 0.234 e. The molecule has 15 heavy (non-hydrogen) atoms. The highest BCUT2D eigenvalue weighted by atomic mass is 16.1. The Morgan fingerprint density at radius 3 is 2.80 bits per heavy atom. The third kappa shape index (κ3) is 4.35. The summed E-state index contributed by atoms with van der Waals surface area (Å²) >= 11 is 0. The van der Waals surface area contributed by atoms with Gasteiger partial charge >= 0.3 is 0 Å². The van der Waals surface area contributed by atoms with E-state index in [9.17, 15) is 4.79 Å². The predicted molar refractivity (Wildman–Crippen MR) is 61.3 cm³/mol. The van der Waals surface area contributed by atoms with Crippen LogP contribution in [0.1, 0.15) is 32.6 Å². The van der Waals surface area contributed by atoms with Gasteiger partial charge in [0.15, 0.2) is 0 Å². The van der Waals surface area contributed by atoms with E-state index in [1.54, 1.807) is 0 Å². The Labute approximate surface area is 92.0 Å². The Hall–Kier alpha value is -1.01. The van der Waals surface area contributed by atoms with E-state index in [0.29, 0.717) is 25.0 Å². The van der Waals surface area contributed by atoms with Gasteiger partial charge in [-0.3, -0.25) is 10.1 Å². The van der Waals surface area contributed by atoms with Crippen LogP contribution in [0, 0.1) is 18.3 Å². The van der Waals surface area contributed by atoms with E-state index in [4.69, 9.17) is 6.42 Å². The Morgan fingerprint density at radius 1 is 1.53 bits per heavy atom. The van der Waals surface area contributed by atoms with Gasteiger partial charge in [0.1, 0.15) is 0 Å². The fourth-order valence-electron chi connectivity index (χ4n) is 2.13. The van der Waals surface area contributed by atoms with E-state index in [0.717, 1.165) is 0 Å². The predicted octanol–water partition coefficient (Wildman–Crippen LogP) is 0.904. The van der Waals surface area contributed by atoms with Crippen molar-refractivity contribution in [1.29, 1.82) is 0 Å². The molecule has 0 aliphatic heterocycles. The topological polar surface area (TPSA) is 41.1 Å². The summed E-state index contributed by atoms with van der Waals surface area (Å²) in [4.78, 5) is 11.4. The van der Waals surface area contributed by atoms with Gasteiger partial charge in [0, 0.05) is 6.04 Å². The van der Waals surface area contributed by atoms with Crippen molar-refractivity contribution in [3.05, 3.63) is 0 Å². The van der Waals surface area contributed by atoms with Crippen molar-refractivity contribution in [3.63, 3.8) is 0 Å². The minimum Gasteiger partial charge on any atom is -0.352 e. The lowest BCUT2D eigenvalue weighted by Gasteiger charge is -2.20. The van der Waals surface area contributed by atoms with Gasteiger partial charge < -0.3 is 5.32 Å². The molecule has 0 aromatic rings. The molecule has 3 heteroatoms. The molecule has 3 nitrogen and oxygen atoms in total. The average molecular weight is 208 g/mol. The van der Waals surface area contributed by atoms with Gasteiger partial charge in [-0.2, -0.15) is 0 Å². The minimum atomic E-state index is 0.0460.